The zero-order chi connectivity index (χ0) is 13.1. The maximum Gasteiger partial charge on any atom is 0.307 e. The van der Waals surface area contributed by atoms with Crippen molar-refractivity contribution < 1.29 is 14.3 Å². The first-order valence-electron chi connectivity index (χ1n) is 5.70. The van der Waals surface area contributed by atoms with Gasteiger partial charge in [0.05, 0.1) is 11.8 Å². The predicted molar refractivity (Wildman–Crippen MR) is 66.7 cm³/mol. The van der Waals surface area contributed by atoms with Crippen molar-refractivity contribution in [2.24, 2.45) is 11.3 Å². The third kappa shape index (κ3) is 1.52. The Balaban J connectivity index is 2.04. The van der Waals surface area contributed by atoms with Crippen molar-refractivity contribution in [1.82, 2.24) is 4.98 Å². The number of hydrogen-bond donors (Lipinski definition) is 1. The molecule has 94 valence electrons. The fourth-order valence-electron chi connectivity index (χ4n) is 2.61. The monoisotopic (exact) mass is 265 g/mol. The highest BCUT2D eigenvalue weighted by Gasteiger charge is 2.65. The highest BCUT2D eigenvalue weighted by atomic mass is 35.5. The van der Waals surface area contributed by atoms with Crippen LogP contribution in [0.5, 0.6) is 0 Å². The average Bonchev–Trinajstić information content (AvgIpc) is 2.66. The van der Waals surface area contributed by atoms with E-state index in [1.54, 1.807) is 18.2 Å². The molecule has 3 rings (SSSR count). The molecule has 1 saturated carbocycles. The topological polar surface area (TPSA) is 63.3 Å². The molecule has 0 amide bonds. The van der Waals surface area contributed by atoms with Crippen LogP contribution in [-0.2, 0) is 4.79 Å². The van der Waals surface area contributed by atoms with Crippen LogP contribution in [0.2, 0.25) is 5.02 Å². The van der Waals surface area contributed by atoms with Crippen LogP contribution in [0.25, 0.3) is 11.1 Å². The highest BCUT2D eigenvalue weighted by Crippen LogP contribution is 2.64. The van der Waals surface area contributed by atoms with Gasteiger partial charge in [0.25, 0.3) is 0 Å². The number of carbonyl (C=O) groups is 1. The summed E-state index contributed by atoms with van der Waals surface area (Å²) in [4.78, 5) is 15.5. The van der Waals surface area contributed by atoms with Gasteiger partial charge in [-0.15, -0.1) is 0 Å². The summed E-state index contributed by atoms with van der Waals surface area (Å²) in [7, 11) is 0. The molecule has 2 aromatic rings. The minimum Gasteiger partial charge on any atom is -0.481 e. The first-order valence-corrected chi connectivity index (χ1v) is 6.08. The van der Waals surface area contributed by atoms with E-state index in [1.165, 1.54) is 0 Å². The van der Waals surface area contributed by atoms with Gasteiger partial charge in [-0.05, 0) is 17.5 Å². The van der Waals surface area contributed by atoms with E-state index in [0.717, 1.165) is 0 Å². The molecule has 0 spiro atoms. The molecule has 1 aliphatic carbocycles. The van der Waals surface area contributed by atoms with E-state index in [4.69, 9.17) is 21.1 Å². The number of benzene rings is 1. The summed E-state index contributed by atoms with van der Waals surface area (Å²) in [5, 5.41) is 9.73. The minimum atomic E-state index is -0.801. The van der Waals surface area contributed by atoms with Gasteiger partial charge < -0.3 is 9.52 Å². The number of aliphatic carboxylic acids is 1. The van der Waals surface area contributed by atoms with Crippen LogP contribution < -0.4 is 0 Å². The number of rotatable bonds is 2. The standard InChI is InChI=1S/C13H12ClNO3/c1-13(2)9(10(13)12(16)17)11-15-7-4-3-6(14)5-8(7)18-11/h3-5,9-10H,1-2H3,(H,16,17). The quantitative estimate of drug-likeness (QED) is 0.905. The Hall–Kier alpha value is -1.55. The molecule has 0 radical (unpaired) electrons. The van der Waals surface area contributed by atoms with E-state index in [0.29, 0.717) is 22.0 Å². The molecule has 0 bridgehead atoms. The molecular weight excluding hydrogens is 254 g/mol. The normalized spacial score (nSPS) is 25.3. The fourth-order valence-corrected chi connectivity index (χ4v) is 2.77. The maximum atomic E-state index is 11.1. The van der Waals surface area contributed by atoms with Crippen molar-refractivity contribution in [3.05, 3.63) is 29.1 Å². The summed E-state index contributed by atoms with van der Waals surface area (Å²) in [6.45, 7) is 3.83. The number of fused-ring (bicyclic) bond motifs is 1. The Labute approximate surface area is 109 Å². The van der Waals surface area contributed by atoms with Crippen molar-refractivity contribution in [2.45, 2.75) is 19.8 Å². The van der Waals surface area contributed by atoms with E-state index in [9.17, 15) is 4.79 Å². The SMILES string of the molecule is CC1(C)C(C(=O)O)C1c1nc2ccc(Cl)cc2o1. The first-order chi connectivity index (χ1) is 8.41. The molecular formula is C13H12ClNO3. The third-order valence-electron chi connectivity index (χ3n) is 3.73. The van der Waals surface area contributed by atoms with E-state index in [1.807, 2.05) is 13.8 Å². The summed E-state index contributed by atoms with van der Waals surface area (Å²) in [5.41, 5.74) is 1.00. The molecule has 18 heavy (non-hydrogen) atoms. The number of carboxylic acids is 1. The van der Waals surface area contributed by atoms with E-state index in [2.05, 4.69) is 4.98 Å². The van der Waals surface area contributed by atoms with Gasteiger partial charge in [0.15, 0.2) is 11.5 Å². The zero-order valence-electron chi connectivity index (χ0n) is 9.98. The van der Waals surface area contributed by atoms with Crippen molar-refractivity contribution in [2.75, 3.05) is 0 Å². The van der Waals surface area contributed by atoms with Gasteiger partial charge in [-0.2, -0.15) is 0 Å². The number of halogens is 1. The molecule has 5 heteroatoms. The summed E-state index contributed by atoms with van der Waals surface area (Å²) >= 11 is 5.88. The van der Waals surface area contributed by atoms with Crippen LogP contribution in [-0.4, -0.2) is 16.1 Å². The maximum absolute atomic E-state index is 11.1. The molecule has 2 atom stereocenters. The molecule has 1 N–H and O–H groups in total. The Morgan fingerprint density at radius 2 is 2.22 bits per heavy atom. The number of hydrogen-bond acceptors (Lipinski definition) is 3. The van der Waals surface area contributed by atoms with Crippen molar-refractivity contribution >= 4 is 28.7 Å². The van der Waals surface area contributed by atoms with Gasteiger partial charge in [0.1, 0.15) is 5.52 Å². The molecule has 4 nitrogen and oxygen atoms in total. The van der Waals surface area contributed by atoms with Crippen LogP contribution in [0, 0.1) is 11.3 Å². The Kier molecular flexibility index (Phi) is 2.23. The molecule has 1 aromatic heterocycles. The van der Waals surface area contributed by atoms with Gasteiger partial charge in [-0.25, -0.2) is 4.98 Å². The highest BCUT2D eigenvalue weighted by molar-refractivity contribution is 6.31. The lowest BCUT2D eigenvalue weighted by Gasteiger charge is -1.96. The van der Waals surface area contributed by atoms with E-state index in [-0.39, 0.29) is 11.3 Å². The first kappa shape index (κ1) is 11.5. The smallest absolute Gasteiger partial charge is 0.307 e. The Bertz CT molecular complexity index is 647. The van der Waals surface area contributed by atoms with Crippen LogP contribution in [0.15, 0.2) is 22.6 Å². The molecule has 1 aliphatic rings. The van der Waals surface area contributed by atoms with Gasteiger partial charge in [0, 0.05) is 11.1 Å². The van der Waals surface area contributed by atoms with Crippen molar-refractivity contribution in [3.8, 4) is 0 Å². The molecule has 1 heterocycles. The zero-order valence-corrected chi connectivity index (χ0v) is 10.7. The van der Waals surface area contributed by atoms with Crippen LogP contribution in [0.1, 0.15) is 25.7 Å². The van der Waals surface area contributed by atoms with E-state index < -0.39 is 11.9 Å². The van der Waals surface area contributed by atoms with Gasteiger partial charge in [0.2, 0.25) is 0 Å². The molecule has 0 saturated heterocycles. The van der Waals surface area contributed by atoms with Crippen LogP contribution >= 0.6 is 11.6 Å². The largest absolute Gasteiger partial charge is 0.481 e. The number of oxazole rings is 1. The molecule has 2 unspecified atom stereocenters. The van der Waals surface area contributed by atoms with E-state index >= 15 is 0 Å². The predicted octanol–water partition coefficient (Wildman–Crippen LogP) is 3.31. The Morgan fingerprint density at radius 3 is 2.83 bits per heavy atom. The lowest BCUT2D eigenvalue weighted by molar-refractivity contribution is -0.139. The summed E-state index contributed by atoms with van der Waals surface area (Å²) in [6.07, 6.45) is 0. The summed E-state index contributed by atoms with van der Waals surface area (Å²) in [6, 6.07) is 5.21. The second kappa shape index (κ2) is 3.48. The number of carboxylic acid groups (broad SMARTS) is 1. The molecule has 1 fully saturated rings. The third-order valence-corrected chi connectivity index (χ3v) is 3.96. The van der Waals surface area contributed by atoms with Gasteiger partial charge in [-0.3, -0.25) is 4.79 Å². The second-order valence-corrected chi connectivity index (χ2v) is 5.72. The number of nitrogens with zero attached hydrogens (tertiary/aromatic N) is 1. The van der Waals surface area contributed by atoms with Crippen molar-refractivity contribution in [3.63, 3.8) is 0 Å². The molecule has 1 aromatic carbocycles. The lowest BCUT2D eigenvalue weighted by Crippen LogP contribution is -2.03. The van der Waals surface area contributed by atoms with Gasteiger partial charge in [-0.1, -0.05) is 25.4 Å². The summed E-state index contributed by atoms with van der Waals surface area (Å²) in [5.74, 6) is -0.905. The fraction of sp³-hybridized carbons (Fsp3) is 0.385. The average molecular weight is 266 g/mol. The summed E-state index contributed by atoms with van der Waals surface area (Å²) < 4.78 is 5.63. The minimum absolute atomic E-state index is 0.166. The Morgan fingerprint density at radius 1 is 1.50 bits per heavy atom. The van der Waals surface area contributed by atoms with Gasteiger partial charge >= 0.3 is 5.97 Å². The molecule has 0 aliphatic heterocycles. The number of aromatic nitrogens is 1. The van der Waals surface area contributed by atoms with Crippen molar-refractivity contribution in [1.29, 1.82) is 0 Å². The lowest BCUT2D eigenvalue weighted by atomic mass is 10.1. The second-order valence-electron chi connectivity index (χ2n) is 5.28. The van der Waals surface area contributed by atoms with Crippen LogP contribution in [0.3, 0.4) is 0 Å². The van der Waals surface area contributed by atoms with Crippen LogP contribution in [0.4, 0.5) is 0 Å².